The number of sulfonamides is 1. The second kappa shape index (κ2) is 6.66. The highest BCUT2D eigenvalue weighted by molar-refractivity contribution is 7.89. The van der Waals surface area contributed by atoms with Gasteiger partial charge in [-0.25, -0.2) is 13.1 Å². The summed E-state index contributed by atoms with van der Waals surface area (Å²) >= 11 is 11.9. The van der Waals surface area contributed by atoms with Crippen LogP contribution >= 0.6 is 23.2 Å². The Hall–Kier alpha value is -1.27. The Balaban J connectivity index is 2.25. The third-order valence-corrected chi connectivity index (χ3v) is 4.76. The van der Waals surface area contributed by atoms with Crippen LogP contribution in [0.15, 0.2) is 47.4 Å². The van der Waals surface area contributed by atoms with Crippen molar-refractivity contribution in [3.8, 4) is 0 Å². The van der Waals surface area contributed by atoms with Crippen LogP contribution in [0.3, 0.4) is 0 Å². The molecule has 0 bridgehead atoms. The molecule has 0 fully saturated rings. The van der Waals surface area contributed by atoms with Crippen LogP contribution in [0.5, 0.6) is 0 Å². The fourth-order valence-corrected chi connectivity index (χ4v) is 3.35. The lowest BCUT2D eigenvalue weighted by molar-refractivity contribution is 0.588. The van der Waals surface area contributed by atoms with Crippen molar-refractivity contribution in [3.05, 3.63) is 58.1 Å². The lowest BCUT2D eigenvalue weighted by Crippen LogP contribution is -2.20. The molecule has 2 rings (SSSR count). The maximum atomic E-state index is 11.9. The van der Waals surface area contributed by atoms with Crippen LogP contribution in [-0.2, 0) is 16.6 Å². The van der Waals surface area contributed by atoms with E-state index in [-0.39, 0.29) is 4.90 Å². The zero-order valence-electron chi connectivity index (χ0n) is 11.2. The molecule has 4 nitrogen and oxygen atoms in total. The van der Waals surface area contributed by atoms with Crippen molar-refractivity contribution in [2.24, 2.45) is 0 Å². The Morgan fingerprint density at radius 3 is 2.29 bits per heavy atom. The smallest absolute Gasteiger partial charge is 0.242 e. The number of hydrogen-bond acceptors (Lipinski definition) is 3. The molecule has 2 N–H and O–H groups in total. The average molecular weight is 345 g/mol. The van der Waals surface area contributed by atoms with Gasteiger partial charge >= 0.3 is 0 Å². The third-order valence-electron chi connectivity index (χ3n) is 2.85. The van der Waals surface area contributed by atoms with Gasteiger partial charge in [0.15, 0.2) is 0 Å². The molecule has 0 unspecified atom stereocenters. The van der Waals surface area contributed by atoms with Gasteiger partial charge < -0.3 is 5.32 Å². The quantitative estimate of drug-likeness (QED) is 0.872. The van der Waals surface area contributed by atoms with Crippen molar-refractivity contribution in [2.75, 3.05) is 12.4 Å². The number of para-hydroxylation sites is 1. The van der Waals surface area contributed by atoms with Crippen molar-refractivity contribution in [1.29, 1.82) is 0 Å². The number of rotatable bonds is 5. The first-order valence-electron chi connectivity index (χ1n) is 6.14. The van der Waals surface area contributed by atoms with Crippen LogP contribution in [0, 0.1) is 0 Å². The molecule has 2 aromatic rings. The van der Waals surface area contributed by atoms with Gasteiger partial charge in [-0.05, 0) is 42.9 Å². The Bertz CT molecular complexity index is 728. The van der Waals surface area contributed by atoms with E-state index >= 15 is 0 Å². The van der Waals surface area contributed by atoms with Gasteiger partial charge in [-0.15, -0.1) is 0 Å². The fourth-order valence-electron chi connectivity index (χ4n) is 1.87. The van der Waals surface area contributed by atoms with Gasteiger partial charge in [-0.2, -0.15) is 0 Å². The summed E-state index contributed by atoms with van der Waals surface area (Å²) in [6, 6.07) is 11.9. The van der Waals surface area contributed by atoms with E-state index in [0.29, 0.717) is 22.3 Å². The molecule has 0 radical (unpaired) electrons. The molecular formula is C14H14Cl2N2O2S. The van der Waals surface area contributed by atoms with Crippen LogP contribution in [-0.4, -0.2) is 15.5 Å². The minimum Gasteiger partial charge on any atom is -0.380 e. The number of halogens is 2. The Kier molecular flexibility index (Phi) is 5.11. The molecule has 21 heavy (non-hydrogen) atoms. The molecule has 0 saturated carbocycles. The van der Waals surface area contributed by atoms with Gasteiger partial charge in [0.2, 0.25) is 10.0 Å². The first-order valence-corrected chi connectivity index (χ1v) is 8.38. The summed E-state index contributed by atoms with van der Waals surface area (Å²) in [4.78, 5) is 0.195. The highest BCUT2D eigenvalue weighted by Crippen LogP contribution is 2.23. The third kappa shape index (κ3) is 4.11. The summed E-state index contributed by atoms with van der Waals surface area (Å²) in [5.41, 5.74) is 1.38. The minimum absolute atomic E-state index is 0.195. The van der Waals surface area contributed by atoms with E-state index in [1.165, 1.54) is 7.05 Å². The van der Waals surface area contributed by atoms with Crippen LogP contribution in [0.25, 0.3) is 0 Å². The molecule has 0 atom stereocenters. The average Bonchev–Trinajstić information content (AvgIpc) is 2.44. The highest BCUT2D eigenvalue weighted by Gasteiger charge is 2.15. The van der Waals surface area contributed by atoms with Crippen LogP contribution in [0.2, 0.25) is 10.0 Å². The molecule has 0 aromatic heterocycles. The van der Waals surface area contributed by atoms with Gasteiger partial charge in [0, 0.05) is 16.6 Å². The van der Waals surface area contributed by atoms with Crippen molar-refractivity contribution < 1.29 is 8.42 Å². The number of nitrogens with one attached hydrogen (secondary N) is 2. The lowest BCUT2D eigenvalue weighted by atomic mass is 10.2. The normalized spacial score (nSPS) is 11.4. The number of benzene rings is 2. The second-order valence-electron chi connectivity index (χ2n) is 4.33. The van der Waals surface area contributed by atoms with E-state index in [0.717, 1.165) is 5.56 Å². The monoisotopic (exact) mass is 344 g/mol. The van der Waals surface area contributed by atoms with E-state index in [1.807, 2.05) is 0 Å². The first-order chi connectivity index (χ1) is 9.92. The number of hydrogen-bond donors (Lipinski definition) is 2. The predicted molar refractivity (Wildman–Crippen MR) is 86.5 cm³/mol. The van der Waals surface area contributed by atoms with Gasteiger partial charge in [-0.3, -0.25) is 0 Å². The molecule has 0 aliphatic rings. The minimum atomic E-state index is -3.51. The van der Waals surface area contributed by atoms with Crippen molar-refractivity contribution in [3.63, 3.8) is 0 Å². The molecule has 0 heterocycles. The first kappa shape index (κ1) is 16.1. The summed E-state index contributed by atoms with van der Waals surface area (Å²) in [6.07, 6.45) is 0. The SMILES string of the molecule is CNS(=O)(=O)c1ccccc1NCc1cc(Cl)cc(Cl)c1. The maximum Gasteiger partial charge on any atom is 0.242 e. The molecule has 0 aliphatic heterocycles. The molecule has 2 aromatic carbocycles. The molecule has 0 spiro atoms. The van der Waals surface area contributed by atoms with Crippen molar-refractivity contribution in [2.45, 2.75) is 11.4 Å². The molecule has 112 valence electrons. The zero-order chi connectivity index (χ0) is 15.5. The van der Waals surface area contributed by atoms with E-state index in [9.17, 15) is 8.42 Å². The highest BCUT2D eigenvalue weighted by atomic mass is 35.5. The van der Waals surface area contributed by atoms with Gasteiger partial charge in [0.25, 0.3) is 0 Å². The summed E-state index contributed by atoms with van der Waals surface area (Å²) in [7, 11) is -2.14. The van der Waals surface area contributed by atoms with Crippen molar-refractivity contribution >= 4 is 38.9 Å². The van der Waals surface area contributed by atoms with E-state index in [4.69, 9.17) is 23.2 Å². The molecule has 7 heteroatoms. The molecular weight excluding hydrogens is 331 g/mol. The van der Waals surface area contributed by atoms with Crippen LogP contribution in [0.1, 0.15) is 5.56 Å². The topological polar surface area (TPSA) is 58.2 Å². The van der Waals surface area contributed by atoms with Crippen LogP contribution in [0.4, 0.5) is 5.69 Å². The maximum absolute atomic E-state index is 11.9. The number of anilines is 1. The lowest BCUT2D eigenvalue weighted by Gasteiger charge is -2.12. The summed E-state index contributed by atoms with van der Waals surface area (Å²) in [6.45, 7) is 0.413. The second-order valence-corrected chi connectivity index (χ2v) is 7.06. The Labute approximate surface area is 134 Å². The predicted octanol–water partition coefficient (Wildman–Crippen LogP) is 3.51. The van der Waals surface area contributed by atoms with Crippen LogP contribution < -0.4 is 10.0 Å². The molecule has 0 amide bonds. The standard InChI is InChI=1S/C14H14Cl2N2O2S/c1-17-21(19,20)14-5-3-2-4-13(14)18-9-10-6-11(15)8-12(16)7-10/h2-8,17-18H,9H2,1H3. The zero-order valence-corrected chi connectivity index (χ0v) is 13.6. The molecule has 0 aliphatic carbocycles. The fraction of sp³-hybridized carbons (Fsp3) is 0.143. The molecule has 0 saturated heterocycles. The van der Waals surface area contributed by atoms with Crippen molar-refractivity contribution in [1.82, 2.24) is 4.72 Å². The summed E-state index contributed by atoms with van der Waals surface area (Å²) < 4.78 is 26.2. The van der Waals surface area contributed by atoms with Gasteiger partial charge in [-0.1, -0.05) is 35.3 Å². The largest absolute Gasteiger partial charge is 0.380 e. The Morgan fingerprint density at radius 1 is 1.05 bits per heavy atom. The van der Waals surface area contributed by atoms with E-state index in [2.05, 4.69) is 10.0 Å². The van der Waals surface area contributed by atoms with Gasteiger partial charge in [0.05, 0.1) is 5.69 Å². The summed E-state index contributed by atoms with van der Waals surface area (Å²) in [5, 5.41) is 4.16. The van der Waals surface area contributed by atoms with Gasteiger partial charge in [0.1, 0.15) is 4.90 Å². The van der Waals surface area contributed by atoms with E-state index in [1.54, 1.807) is 42.5 Å². The Morgan fingerprint density at radius 2 is 1.67 bits per heavy atom. The van der Waals surface area contributed by atoms with E-state index < -0.39 is 10.0 Å². The summed E-state index contributed by atoms with van der Waals surface area (Å²) in [5.74, 6) is 0.